The number of fused-ring (bicyclic) bond motifs is 3. The molecule has 0 saturated carbocycles. The Balaban J connectivity index is 2.01. The molecule has 0 bridgehead atoms. The monoisotopic (exact) mass is 294 g/mol. The van der Waals surface area contributed by atoms with E-state index >= 15 is 0 Å². The van der Waals surface area contributed by atoms with Crippen LogP contribution in [0.3, 0.4) is 0 Å². The summed E-state index contributed by atoms with van der Waals surface area (Å²) >= 11 is 1.59. The molecule has 0 unspecified atom stereocenters. The SMILES string of the molecule is Cc1oc2scc3c2c1-c1c(cc2ccccc2[n+]1C)O3. The van der Waals surface area contributed by atoms with Gasteiger partial charge in [-0.15, -0.1) is 11.3 Å². The number of thiophene rings is 1. The molecule has 4 heteroatoms. The van der Waals surface area contributed by atoms with E-state index in [1.165, 1.54) is 10.9 Å². The predicted octanol–water partition coefficient (Wildman–Crippen LogP) is 4.55. The Bertz CT molecular complexity index is 1040. The van der Waals surface area contributed by atoms with Gasteiger partial charge < -0.3 is 9.15 Å². The van der Waals surface area contributed by atoms with Crippen LogP contribution < -0.4 is 9.30 Å². The fourth-order valence-corrected chi connectivity index (χ4v) is 4.12. The number of aryl methyl sites for hydroxylation is 2. The van der Waals surface area contributed by atoms with E-state index in [1.54, 1.807) is 11.3 Å². The number of benzene rings is 1. The normalized spacial score (nSPS) is 12.7. The van der Waals surface area contributed by atoms with Gasteiger partial charge in [-0.3, -0.25) is 0 Å². The van der Waals surface area contributed by atoms with Gasteiger partial charge in [-0.1, -0.05) is 12.1 Å². The highest BCUT2D eigenvalue weighted by atomic mass is 32.1. The zero-order valence-corrected chi connectivity index (χ0v) is 12.5. The van der Waals surface area contributed by atoms with Crippen molar-refractivity contribution in [3.8, 4) is 22.8 Å². The Kier molecular flexibility index (Phi) is 1.97. The Morgan fingerprint density at radius 2 is 2.00 bits per heavy atom. The number of furan rings is 1. The standard InChI is InChI=1S/C17H12NO2S/c1-9-14-15-13(8-21-17(15)19-9)20-12-7-10-5-3-4-6-11(10)18(2)16(12)14/h3-8H,1-2H3/q+1. The molecule has 3 aromatic heterocycles. The third-order valence-corrected chi connectivity index (χ3v) is 5.02. The van der Waals surface area contributed by atoms with E-state index < -0.39 is 0 Å². The summed E-state index contributed by atoms with van der Waals surface area (Å²) in [6, 6.07) is 10.5. The average molecular weight is 294 g/mol. The molecule has 0 aliphatic carbocycles. The number of hydrogen-bond acceptors (Lipinski definition) is 3. The fourth-order valence-electron chi connectivity index (χ4n) is 3.25. The van der Waals surface area contributed by atoms with Gasteiger partial charge in [-0.05, 0) is 13.0 Å². The van der Waals surface area contributed by atoms with E-state index in [0.717, 1.165) is 38.8 Å². The Hall–Kier alpha value is -2.33. The third kappa shape index (κ3) is 1.30. The Morgan fingerprint density at radius 3 is 2.90 bits per heavy atom. The van der Waals surface area contributed by atoms with Crippen LogP contribution in [0.5, 0.6) is 11.5 Å². The van der Waals surface area contributed by atoms with Crippen LogP contribution in [0.25, 0.3) is 32.4 Å². The highest BCUT2D eigenvalue weighted by Crippen LogP contribution is 2.50. The molecule has 0 fully saturated rings. The molecule has 4 aromatic rings. The minimum atomic E-state index is 0.896. The first-order chi connectivity index (χ1) is 10.2. The average Bonchev–Trinajstić information content (AvgIpc) is 3.02. The molecule has 102 valence electrons. The molecular formula is C17H12NO2S+. The molecule has 0 amide bonds. The lowest BCUT2D eigenvalue weighted by Gasteiger charge is -2.14. The molecule has 21 heavy (non-hydrogen) atoms. The Morgan fingerprint density at radius 1 is 1.14 bits per heavy atom. The van der Waals surface area contributed by atoms with Crippen molar-refractivity contribution < 1.29 is 13.7 Å². The quantitative estimate of drug-likeness (QED) is 0.392. The summed E-state index contributed by atoms with van der Waals surface area (Å²) in [7, 11) is 2.08. The van der Waals surface area contributed by atoms with E-state index in [-0.39, 0.29) is 0 Å². The molecule has 1 aromatic carbocycles. The van der Waals surface area contributed by atoms with Crippen LogP contribution in [0.4, 0.5) is 0 Å². The van der Waals surface area contributed by atoms with Crippen LogP contribution in [0, 0.1) is 6.92 Å². The Labute approximate surface area is 125 Å². The number of pyridine rings is 1. The van der Waals surface area contributed by atoms with Crippen molar-refractivity contribution in [2.24, 2.45) is 7.05 Å². The molecule has 0 radical (unpaired) electrons. The van der Waals surface area contributed by atoms with E-state index in [9.17, 15) is 0 Å². The molecule has 1 aliphatic heterocycles. The van der Waals surface area contributed by atoms with Crippen LogP contribution in [0.2, 0.25) is 0 Å². The van der Waals surface area contributed by atoms with Gasteiger partial charge in [0.2, 0.25) is 5.52 Å². The minimum Gasteiger partial charge on any atom is -0.450 e. The number of aromatic nitrogens is 1. The van der Waals surface area contributed by atoms with E-state index in [1.807, 2.05) is 12.3 Å². The summed E-state index contributed by atoms with van der Waals surface area (Å²) in [6.45, 7) is 2.02. The molecule has 3 nitrogen and oxygen atoms in total. The highest BCUT2D eigenvalue weighted by molar-refractivity contribution is 7.17. The predicted molar refractivity (Wildman–Crippen MR) is 83.0 cm³/mol. The van der Waals surface area contributed by atoms with Gasteiger partial charge in [-0.25, -0.2) is 0 Å². The van der Waals surface area contributed by atoms with Crippen molar-refractivity contribution in [3.05, 3.63) is 41.5 Å². The maximum Gasteiger partial charge on any atom is 0.260 e. The summed E-state index contributed by atoms with van der Waals surface area (Å²) < 4.78 is 14.2. The van der Waals surface area contributed by atoms with E-state index in [0.29, 0.717) is 0 Å². The van der Waals surface area contributed by atoms with Crippen molar-refractivity contribution in [2.75, 3.05) is 0 Å². The van der Waals surface area contributed by atoms with E-state index in [2.05, 4.69) is 41.9 Å². The number of para-hydroxylation sites is 1. The summed E-state index contributed by atoms with van der Waals surface area (Å²) in [6.07, 6.45) is 0. The first kappa shape index (κ1) is 11.3. The van der Waals surface area contributed by atoms with Crippen LogP contribution >= 0.6 is 11.3 Å². The van der Waals surface area contributed by atoms with Crippen LogP contribution in [0.15, 0.2) is 40.1 Å². The topological polar surface area (TPSA) is 26.2 Å². The molecule has 1 aliphatic rings. The van der Waals surface area contributed by atoms with Crippen molar-refractivity contribution in [3.63, 3.8) is 0 Å². The first-order valence-electron chi connectivity index (χ1n) is 6.84. The van der Waals surface area contributed by atoms with Crippen molar-refractivity contribution in [1.29, 1.82) is 0 Å². The molecule has 4 heterocycles. The van der Waals surface area contributed by atoms with Gasteiger partial charge in [0.15, 0.2) is 16.4 Å². The highest BCUT2D eigenvalue weighted by Gasteiger charge is 2.34. The van der Waals surface area contributed by atoms with Crippen LogP contribution in [0.1, 0.15) is 5.76 Å². The second kappa shape index (κ2) is 3.65. The van der Waals surface area contributed by atoms with Crippen LogP contribution in [-0.2, 0) is 7.05 Å². The summed E-state index contributed by atoms with van der Waals surface area (Å²) in [4.78, 5) is 0.941. The van der Waals surface area contributed by atoms with Gasteiger partial charge in [-0.2, -0.15) is 4.57 Å². The molecule has 0 saturated heterocycles. The maximum absolute atomic E-state index is 6.12. The largest absolute Gasteiger partial charge is 0.450 e. The van der Waals surface area contributed by atoms with Crippen molar-refractivity contribution >= 4 is 32.5 Å². The van der Waals surface area contributed by atoms with Gasteiger partial charge in [0.05, 0.1) is 10.8 Å². The zero-order chi connectivity index (χ0) is 14.1. The number of rotatable bonds is 0. The van der Waals surface area contributed by atoms with Gasteiger partial charge in [0.25, 0.3) is 5.69 Å². The lowest BCUT2D eigenvalue weighted by Crippen LogP contribution is -2.33. The zero-order valence-electron chi connectivity index (χ0n) is 11.6. The van der Waals surface area contributed by atoms with Gasteiger partial charge in [0, 0.05) is 17.5 Å². The van der Waals surface area contributed by atoms with Gasteiger partial charge in [0.1, 0.15) is 18.4 Å². The van der Waals surface area contributed by atoms with Crippen molar-refractivity contribution in [1.82, 2.24) is 0 Å². The summed E-state index contributed by atoms with van der Waals surface area (Å²) in [5.41, 5.74) is 3.44. The maximum atomic E-state index is 6.12. The molecule has 0 atom stereocenters. The second-order valence-electron chi connectivity index (χ2n) is 5.37. The summed E-state index contributed by atoms with van der Waals surface area (Å²) in [5, 5.41) is 4.31. The molecule has 0 N–H and O–H groups in total. The second-order valence-corrected chi connectivity index (χ2v) is 6.21. The van der Waals surface area contributed by atoms with Crippen LogP contribution in [-0.4, -0.2) is 0 Å². The van der Waals surface area contributed by atoms with Gasteiger partial charge >= 0.3 is 0 Å². The number of hydrogen-bond donors (Lipinski definition) is 0. The fraction of sp³-hybridized carbons (Fsp3) is 0.118. The molecule has 0 spiro atoms. The minimum absolute atomic E-state index is 0.896. The molecular weight excluding hydrogens is 282 g/mol. The van der Waals surface area contributed by atoms with E-state index in [4.69, 9.17) is 9.15 Å². The lowest BCUT2D eigenvalue weighted by atomic mass is 10.0. The summed E-state index contributed by atoms with van der Waals surface area (Å²) in [5.74, 6) is 2.76. The smallest absolute Gasteiger partial charge is 0.260 e. The lowest BCUT2D eigenvalue weighted by molar-refractivity contribution is -0.633. The van der Waals surface area contributed by atoms with Crippen molar-refractivity contribution in [2.45, 2.75) is 6.92 Å². The molecule has 5 rings (SSSR count). The first-order valence-corrected chi connectivity index (χ1v) is 7.72. The third-order valence-electron chi connectivity index (χ3n) is 4.18. The number of nitrogens with zero attached hydrogens (tertiary/aromatic N) is 1. The number of ether oxygens (including phenoxy) is 1.